The van der Waals surface area contributed by atoms with Crippen LogP contribution in [0.4, 0.5) is 0 Å². The van der Waals surface area contributed by atoms with Crippen LogP contribution in [-0.4, -0.2) is 14.5 Å². The Morgan fingerprint density at radius 1 is 0.417 bits per heavy atom. The van der Waals surface area contributed by atoms with E-state index in [1.165, 1.54) is 53.9 Å². The highest BCUT2D eigenvalue weighted by molar-refractivity contribution is 6.24. The molecule has 0 saturated carbocycles. The van der Waals surface area contributed by atoms with Gasteiger partial charge in [0.2, 0.25) is 5.71 Å². The molecule has 4 heteroatoms. The molecule has 8 aromatic carbocycles. The molecule has 0 aliphatic carbocycles. The van der Waals surface area contributed by atoms with Gasteiger partial charge in [-0.15, -0.1) is 0 Å². The Labute approximate surface area is 274 Å². The first-order valence-corrected chi connectivity index (χ1v) is 16.2. The summed E-state index contributed by atoms with van der Waals surface area (Å²) in [6.45, 7) is 0. The first kappa shape index (κ1) is 25.6. The summed E-state index contributed by atoms with van der Waals surface area (Å²) in [6, 6.07) is 53.9. The van der Waals surface area contributed by atoms with Crippen molar-refractivity contribution in [3.05, 3.63) is 152 Å². The summed E-state index contributed by atoms with van der Waals surface area (Å²) in [5.74, 6) is 1.44. The van der Waals surface area contributed by atoms with E-state index >= 15 is 0 Å². The van der Waals surface area contributed by atoms with Gasteiger partial charge in [0, 0.05) is 21.7 Å². The summed E-state index contributed by atoms with van der Waals surface area (Å²) in [5, 5.41) is 13.9. The van der Waals surface area contributed by atoms with Gasteiger partial charge in [0.1, 0.15) is 5.58 Å². The summed E-state index contributed by atoms with van der Waals surface area (Å²) in [5.41, 5.74) is 4.51. The molecule has 0 aliphatic heterocycles. The minimum Gasteiger partial charge on any atom is -0.437 e. The number of hydrogen-bond donors (Lipinski definition) is 0. The minimum absolute atomic E-state index is 0.575. The second-order valence-corrected chi connectivity index (χ2v) is 12.6. The number of fused-ring (bicyclic) bond motifs is 12. The van der Waals surface area contributed by atoms with E-state index in [9.17, 15) is 0 Å². The SMILES string of the molecule is c1ccc2cc3c(cc2c1)c1c2ccccc2ccc1n3-c1nc(-c2ccc3ccc4ccccc4c3c2)nc2oc3ccccc3c12. The number of benzene rings is 8. The molecule has 0 radical (unpaired) electrons. The average Bonchev–Trinajstić information content (AvgIpc) is 3.68. The second-order valence-electron chi connectivity index (χ2n) is 12.6. The van der Waals surface area contributed by atoms with Crippen LogP contribution in [0, 0.1) is 0 Å². The third kappa shape index (κ3) is 3.54. The summed E-state index contributed by atoms with van der Waals surface area (Å²) in [7, 11) is 0. The molecule has 11 rings (SSSR count). The highest BCUT2D eigenvalue weighted by atomic mass is 16.3. The summed E-state index contributed by atoms with van der Waals surface area (Å²) < 4.78 is 8.84. The first-order valence-electron chi connectivity index (χ1n) is 16.2. The normalized spacial score (nSPS) is 12.2. The molecule has 0 spiro atoms. The van der Waals surface area contributed by atoms with Gasteiger partial charge in [-0.1, -0.05) is 121 Å². The molecule has 0 fully saturated rings. The smallest absolute Gasteiger partial charge is 0.233 e. The number of nitrogens with zero attached hydrogens (tertiary/aromatic N) is 3. The van der Waals surface area contributed by atoms with E-state index in [0.29, 0.717) is 11.5 Å². The second kappa shape index (κ2) is 9.50. The number of furan rings is 1. The van der Waals surface area contributed by atoms with Crippen LogP contribution in [0.5, 0.6) is 0 Å². The maximum absolute atomic E-state index is 6.51. The van der Waals surface area contributed by atoms with E-state index < -0.39 is 0 Å². The lowest BCUT2D eigenvalue weighted by atomic mass is 10.00. The topological polar surface area (TPSA) is 43.9 Å². The summed E-state index contributed by atoms with van der Waals surface area (Å²) >= 11 is 0. The van der Waals surface area contributed by atoms with Crippen LogP contribution in [0.3, 0.4) is 0 Å². The molecule has 222 valence electrons. The number of hydrogen-bond acceptors (Lipinski definition) is 3. The van der Waals surface area contributed by atoms with Crippen LogP contribution in [0.1, 0.15) is 0 Å². The van der Waals surface area contributed by atoms with Gasteiger partial charge in [-0.2, -0.15) is 4.98 Å². The van der Waals surface area contributed by atoms with E-state index in [1.54, 1.807) is 0 Å². The predicted octanol–water partition coefficient (Wildman–Crippen LogP) is 11.8. The molecule has 48 heavy (non-hydrogen) atoms. The molecule has 0 N–H and O–H groups in total. The van der Waals surface area contributed by atoms with Gasteiger partial charge < -0.3 is 4.42 Å². The van der Waals surface area contributed by atoms with Crippen LogP contribution >= 0.6 is 0 Å². The van der Waals surface area contributed by atoms with Gasteiger partial charge in [0.25, 0.3) is 0 Å². The first-order chi connectivity index (χ1) is 23.8. The van der Waals surface area contributed by atoms with Crippen LogP contribution in [-0.2, 0) is 0 Å². The molecule has 0 saturated heterocycles. The minimum atomic E-state index is 0.575. The van der Waals surface area contributed by atoms with E-state index in [0.717, 1.165) is 38.8 Å². The Kier molecular flexibility index (Phi) is 5.08. The third-order valence-corrected chi connectivity index (χ3v) is 9.96. The lowest BCUT2D eigenvalue weighted by Gasteiger charge is -2.12. The standard InChI is InChI=1S/C44H25N3O/c1-2-12-30-25-38-36(23-29(30)11-1)40-33-14-6-4-10-27(33)21-22-37(40)47(38)43-41-34-15-7-8-16-39(34)48-44(41)46-42(45-43)31-20-19-28-18-17-26-9-3-5-13-32(26)35(28)24-31/h1-25H. The van der Waals surface area contributed by atoms with Gasteiger partial charge in [-0.25, -0.2) is 4.98 Å². The number of rotatable bonds is 2. The molecule has 0 bridgehead atoms. The van der Waals surface area contributed by atoms with Crippen molar-refractivity contribution in [3.8, 4) is 17.2 Å². The molecule has 0 unspecified atom stereocenters. The van der Waals surface area contributed by atoms with Gasteiger partial charge in [0.05, 0.1) is 16.4 Å². The van der Waals surface area contributed by atoms with Crippen molar-refractivity contribution in [2.24, 2.45) is 0 Å². The van der Waals surface area contributed by atoms with Gasteiger partial charge in [-0.05, 0) is 73.4 Å². The molecular formula is C44H25N3O. The number of para-hydroxylation sites is 1. The maximum atomic E-state index is 6.51. The molecular weight excluding hydrogens is 587 g/mol. The van der Waals surface area contributed by atoms with Crippen LogP contribution in [0.25, 0.3) is 104 Å². The Bertz CT molecular complexity index is 3130. The Morgan fingerprint density at radius 3 is 1.88 bits per heavy atom. The average molecular weight is 612 g/mol. The van der Waals surface area contributed by atoms with E-state index in [1.807, 2.05) is 12.1 Å². The van der Waals surface area contributed by atoms with Crippen molar-refractivity contribution >= 4 is 87.0 Å². The molecule has 0 aliphatic rings. The molecule has 3 aromatic heterocycles. The van der Waals surface area contributed by atoms with Gasteiger partial charge >= 0.3 is 0 Å². The largest absolute Gasteiger partial charge is 0.437 e. The van der Waals surface area contributed by atoms with Gasteiger partial charge in [0.15, 0.2) is 11.6 Å². The monoisotopic (exact) mass is 611 g/mol. The van der Waals surface area contributed by atoms with Crippen LogP contribution < -0.4 is 0 Å². The zero-order valence-corrected chi connectivity index (χ0v) is 25.7. The molecule has 0 amide bonds. The van der Waals surface area contributed by atoms with E-state index in [4.69, 9.17) is 14.4 Å². The van der Waals surface area contributed by atoms with Crippen molar-refractivity contribution in [1.29, 1.82) is 0 Å². The predicted molar refractivity (Wildman–Crippen MR) is 199 cm³/mol. The zero-order chi connectivity index (χ0) is 31.3. The fraction of sp³-hybridized carbons (Fsp3) is 0. The van der Waals surface area contributed by atoms with Crippen LogP contribution in [0.15, 0.2) is 156 Å². The summed E-state index contributed by atoms with van der Waals surface area (Å²) in [6.07, 6.45) is 0. The molecule has 4 nitrogen and oxygen atoms in total. The lowest BCUT2D eigenvalue weighted by molar-refractivity contribution is 0.653. The molecule has 11 aromatic rings. The molecule has 3 heterocycles. The Balaban J connectivity index is 1.31. The quantitative estimate of drug-likeness (QED) is 0.183. The fourth-order valence-corrected chi connectivity index (χ4v) is 7.74. The highest BCUT2D eigenvalue weighted by Crippen LogP contribution is 2.42. The zero-order valence-electron chi connectivity index (χ0n) is 25.7. The van der Waals surface area contributed by atoms with Crippen molar-refractivity contribution in [2.45, 2.75) is 0 Å². The number of aromatic nitrogens is 3. The maximum Gasteiger partial charge on any atom is 0.233 e. The lowest BCUT2D eigenvalue weighted by Crippen LogP contribution is -2.02. The highest BCUT2D eigenvalue weighted by Gasteiger charge is 2.23. The van der Waals surface area contributed by atoms with Crippen molar-refractivity contribution in [3.63, 3.8) is 0 Å². The van der Waals surface area contributed by atoms with E-state index in [2.05, 4.69) is 144 Å². The van der Waals surface area contributed by atoms with Crippen molar-refractivity contribution < 1.29 is 4.42 Å². The van der Waals surface area contributed by atoms with Crippen LogP contribution in [0.2, 0.25) is 0 Å². The Morgan fingerprint density at radius 2 is 1.04 bits per heavy atom. The van der Waals surface area contributed by atoms with Crippen molar-refractivity contribution in [1.82, 2.24) is 14.5 Å². The fourth-order valence-electron chi connectivity index (χ4n) is 7.74. The van der Waals surface area contributed by atoms with Gasteiger partial charge in [-0.3, -0.25) is 4.57 Å². The van der Waals surface area contributed by atoms with E-state index in [-0.39, 0.29) is 0 Å². The molecule has 0 atom stereocenters. The third-order valence-electron chi connectivity index (χ3n) is 9.96. The summed E-state index contributed by atoms with van der Waals surface area (Å²) in [4.78, 5) is 10.6. The van der Waals surface area contributed by atoms with Crippen molar-refractivity contribution in [2.75, 3.05) is 0 Å². The Hall–Kier alpha value is -6.52.